The van der Waals surface area contributed by atoms with Gasteiger partial charge in [0.05, 0.1) is 10.1 Å². The maximum absolute atomic E-state index is 7.02. The minimum absolute atomic E-state index is 0.00422. The van der Waals surface area contributed by atoms with E-state index in [9.17, 15) is 0 Å². The topological polar surface area (TPSA) is 26.4 Å². The fourth-order valence-corrected chi connectivity index (χ4v) is 6.68. The first-order valence-corrected chi connectivity index (χ1v) is 13.9. The van der Waals surface area contributed by atoms with Crippen molar-refractivity contribution in [2.45, 2.75) is 53.9 Å². The van der Waals surface area contributed by atoms with Crippen LogP contribution in [-0.4, -0.2) is 21.5 Å². The monoisotopic (exact) mass is 606 g/mol. The number of fused-ring (bicyclic) bond motifs is 5. The van der Waals surface area contributed by atoms with Gasteiger partial charge in [-0.05, 0) is 86.9 Å². The van der Waals surface area contributed by atoms with E-state index in [2.05, 4.69) is 138 Å². The molecule has 0 radical (unpaired) electrons. The van der Waals surface area contributed by atoms with Gasteiger partial charge in [-0.2, -0.15) is 0 Å². The third kappa shape index (κ3) is 3.02. The van der Waals surface area contributed by atoms with Crippen molar-refractivity contribution in [2.75, 3.05) is 0 Å². The highest BCUT2D eigenvalue weighted by Crippen LogP contribution is 2.51. The molecule has 0 N–H and O–H groups in total. The van der Waals surface area contributed by atoms with Gasteiger partial charge in [-0.1, -0.05) is 57.2 Å². The molecule has 4 nitrogen and oxygen atoms in total. The maximum atomic E-state index is 7.02. The molecule has 3 aromatic rings. The van der Waals surface area contributed by atoms with Gasteiger partial charge in [0.2, 0.25) is 0 Å². The van der Waals surface area contributed by atoms with E-state index < -0.39 is 6.82 Å². The van der Waals surface area contributed by atoms with E-state index in [1.165, 1.54) is 22.3 Å². The third-order valence-electron chi connectivity index (χ3n) is 7.77. The third-order valence-corrected chi connectivity index (χ3v) is 10.1. The molecule has 0 saturated heterocycles. The zero-order valence-corrected chi connectivity index (χ0v) is 24.8. The molecule has 6 rings (SSSR count). The molecule has 0 aliphatic carbocycles. The van der Waals surface area contributed by atoms with E-state index in [0.717, 1.165) is 48.8 Å². The first-order valence-electron chi connectivity index (χ1n) is 12.3. The lowest BCUT2D eigenvalue weighted by molar-refractivity contribution is -0.369. The van der Waals surface area contributed by atoms with Crippen LogP contribution in [0.15, 0.2) is 68.8 Å². The molecule has 36 heavy (non-hydrogen) atoms. The van der Waals surface area contributed by atoms with Crippen molar-refractivity contribution in [3.63, 3.8) is 0 Å². The van der Waals surface area contributed by atoms with Gasteiger partial charge in [0, 0.05) is 28.4 Å². The minimum Gasteiger partial charge on any atom is -0.599 e. The Morgan fingerprint density at radius 3 is 2.22 bits per heavy atom. The van der Waals surface area contributed by atoms with Gasteiger partial charge >= 0.3 is 6.82 Å². The Bertz CT molecular complexity index is 1570. The predicted molar refractivity (Wildman–Crippen MR) is 154 cm³/mol. The Morgan fingerprint density at radius 1 is 0.889 bits per heavy atom. The van der Waals surface area contributed by atoms with Crippen molar-refractivity contribution in [2.24, 2.45) is 0 Å². The van der Waals surface area contributed by atoms with Gasteiger partial charge < -0.3 is 18.3 Å². The highest BCUT2D eigenvalue weighted by molar-refractivity contribution is 9.12. The summed E-state index contributed by atoms with van der Waals surface area (Å²) in [6.45, 7) is 13.1. The summed E-state index contributed by atoms with van der Waals surface area (Å²) in [5.74, 6) is 1.55. The molecule has 0 bridgehead atoms. The molecule has 0 saturated carbocycles. The molecule has 2 aromatic carbocycles. The SMILES string of the molecule is CC1=C(Br)C(C)=[N+]2C1=C(c1ccccc1)c1c(C)c(Br)c(C)n1[B-]21Oc2ccc(C(C)(C)C)cc2O1. The summed E-state index contributed by atoms with van der Waals surface area (Å²) in [5.41, 5.74) is 10.3. The summed E-state index contributed by atoms with van der Waals surface area (Å²) in [4.78, 5) is 0. The molecule has 184 valence electrons. The predicted octanol–water partition coefficient (Wildman–Crippen LogP) is 7.85. The van der Waals surface area contributed by atoms with Crippen LogP contribution in [0.2, 0.25) is 0 Å². The van der Waals surface area contributed by atoms with Crippen LogP contribution in [-0.2, 0) is 5.41 Å². The molecule has 1 aromatic heterocycles. The zero-order valence-electron chi connectivity index (χ0n) is 21.7. The lowest BCUT2D eigenvalue weighted by atomic mass is 9.78. The first kappa shape index (κ1) is 23.9. The molecule has 4 heterocycles. The lowest BCUT2D eigenvalue weighted by Gasteiger charge is -2.39. The molecule has 0 amide bonds. The van der Waals surface area contributed by atoms with Gasteiger partial charge in [0.25, 0.3) is 0 Å². The lowest BCUT2D eigenvalue weighted by Crippen LogP contribution is -2.65. The van der Waals surface area contributed by atoms with Crippen LogP contribution in [0.4, 0.5) is 0 Å². The largest absolute Gasteiger partial charge is 0.780 e. The van der Waals surface area contributed by atoms with E-state index in [1.54, 1.807) is 0 Å². The summed E-state index contributed by atoms with van der Waals surface area (Å²) < 4.78 is 20.7. The number of rotatable bonds is 1. The van der Waals surface area contributed by atoms with Gasteiger partial charge in [0.15, 0.2) is 5.70 Å². The Hall–Kier alpha value is -2.51. The Morgan fingerprint density at radius 2 is 1.56 bits per heavy atom. The van der Waals surface area contributed by atoms with Crippen molar-refractivity contribution >= 4 is 50.0 Å². The van der Waals surface area contributed by atoms with E-state index in [0.29, 0.717) is 0 Å². The second kappa shape index (κ2) is 7.75. The summed E-state index contributed by atoms with van der Waals surface area (Å²) in [7, 11) is 0. The van der Waals surface area contributed by atoms with Crippen LogP contribution in [0.3, 0.4) is 0 Å². The molecule has 3 aliphatic rings. The van der Waals surface area contributed by atoms with Crippen LogP contribution in [0.5, 0.6) is 11.5 Å². The quantitative estimate of drug-likeness (QED) is 0.263. The molecule has 1 atom stereocenters. The van der Waals surface area contributed by atoms with E-state index in [-0.39, 0.29) is 5.41 Å². The Balaban J connectivity index is 1.71. The van der Waals surface area contributed by atoms with Gasteiger partial charge in [-0.3, -0.25) is 0 Å². The van der Waals surface area contributed by atoms with E-state index >= 15 is 0 Å². The fourth-order valence-electron chi connectivity index (χ4n) is 5.93. The van der Waals surface area contributed by atoms with Crippen molar-refractivity contribution in [3.05, 3.63) is 96.8 Å². The minimum atomic E-state index is -2.15. The molecule has 7 heteroatoms. The number of benzene rings is 2. The van der Waals surface area contributed by atoms with Crippen molar-refractivity contribution < 1.29 is 13.8 Å². The van der Waals surface area contributed by atoms with Crippen molar-refractivity contribution in [1.82, 2.24) is 4.48 Å². The average Bonchev–Trinajstić information content (AvgIpc) is 3.41. The van der Waals surface area contributed by atoms with Crippen LogP contribution in [0, 0.1) is 13.8 Å². The summed E-state index contributed by atoms with van der Waals surface area (Å²) in [5, 5.41) is 0. The van der Waals surface area contributed by atoms with Gasteiger partial charge in [0.1, 0.15) is 17.2 Å². The molecule has 1 spiro atoms. The number of aromatic nitrogens is 1. The van der Waals surface area contributed by atoms with Crippen molar-refractivity contribution in [1.29, 1.82) is 0 Å². The summed E-state index contributed by atoms with van der Waals surface area (Å²) in [6.07, 6.45) is 0. The number of nitrogens with zero attached hydrogens (tertiary/aromatic N) is 2. The summed E-state index contributed by atoms with van der Waals surface area (Å²) >= 11 is 7.79. The van der Waals surface area contributed by atoms with Crippen LogP contribution in [0.1, 0.15) is 62.7 Å². The number of halogens is 2. The van der Waals surface area contributed by atoms with Gasteiger partial charge in [-0.25, -0.2) is 0 Å². The van der Waals surface area contributed by atoms with Crippen molar-refractivity contribution in [3.8, 4) is 11.5 Å². The Kier molecular flexibility index (Phi) is 5.14. The van der Waals surface area contributed by atoms with Gasteiger partial charge in [-0.15, -0.1) is 0 Å². The van der Waals surface area contributed by atoms with Crippen LogP contribution >= 0.6 is 31.9 Å². The van der Waals surface area contributed by atoms with Crippen LogP contribution < -0.4 is 9.31 Å². The standard InChI is InChI=1S/C29H29BBr2N2O2/c1-16-25(31)18(3)33-27(16)24(20-11-9-8-10-12-20)28-17(2)26(32)19(4)34(28)30(33)35-22-14-13-21(29(5,6)7)15-23(22)36-30/h8-15H,1-7H3. The molecular formula is C29H29BBr2N2O2. The molecule has 0 fully saturated rings. The molecule has 3 aliphatic heterocycles. The second-order valence-electron chi connectivity index (χ2n) is 11.0. The molecular weight excluding hydrogens is 579 g/mol. The van der Waals surface area contributed by atoms with E-state index in [4.69, 9.17) is 9.31 Å². The normalized spacial score (nSPS) is 20.6. The fraction of sp³-hybridized carbons (Fsp3) is 0.276. The Labute approximate surface area is 229 Å². The smallest absolute Gasteiger partial charge is 0.599 e. The number of hydrogen-bond acceptors (Lipinski definition) is 2. The highest BCUT2D eigenvalue weighted by Gasteiger charge is 2.64. The summed E-state index contributed by atoms with van der Waals surface area (Å²) in [6, 6.07) is 17.0. The number of hydrogen-bond donors (Lipinski definition) is 0. The van der Waals surface area contributed by atoms with Crippen LogP contribution in [0.25, 0.3) is 5.57 Å². The first-order chi connectivity index (χ1) is 17.0. The highest BCUT2D eigenvalue weighted by atomic mass is 79.9. The second-order valence-corrected chi connectivity index (χ2v) is 12.6. The average molecular weight is 608 g/mol. The number of allylic oxidation sites excluding steroid dienone is 2. The zero-order chi connectivity index (χ0) is 25.7. The molecule has 1 unspecified atom stereocenters. The maximum Gasteiger partial charge on any atom is 0.780 e. The van der Waals surface area contributed by atoms with E-state index in [1.807, 2.05) is 0 Å².